The standard InChI is InChI=1S/C21H21FN2O3S/c1-4-27-20(26)12-24-17-8-7-16(22)11-18(17)28-21(24)23-19(25)10-15-6-5-13(2)14(3)9-15/h5-9,11H,4,10,12H2,1-3H3. The summed E-state index contributed by atoms with van der Waals surface area (Å²) in [4.78, 5) is 29.1. The van der Waals surface area contributed by atoms with E-state index in [1.807, 2.05) is 32.0 Å². The van der Waals surface area contributed by atoms with Crippen LogP contribution in [-0.2, 0) is 27.3 Å². The molecule has 2 aromatic carbocycles. The van der Waals surface area contributed by atoms with Gasteiger partial charge >= 0.3 is 5.97 Å². The Bertz CT molecular complexity index is 1110. The van der Waals surface area contributed by atoms with Crippen LogP contribution in [0.2, 0.25) is 0 Å². The second kappa shape index (κ2) is 8.48. The first-order valence-electron chi connectivity index (χ1n) is 8.95. The zero-order valence-electron chi connectivity index (χ0n) is 16.0. The summed E-state index contributed by atoms with van der Waals surface area (Å²) >= 11 is 1.17. The second-order valence-electron chi connectivity index (χ2n) is 6.49. The molecular weight excluding hydrogens is 379 g/mol. The van der Waals surface area contributed by atoms with Gasteiger partial charge < -0.3 is 9.30 Å². The van der Waals surface area contributed by atoms with E-state index in [0.717, 1.165) is 16.7 Å². The molecule has 0 radical (unpaired) electrons. The van der Waals surface area contributed by atoms with Crippen molar-refractivity contribution in [3.8, 4) is 0 Å². The van der Waals surface area contributed by atoms with Crippen molar-refractivity contribution in [3.05, 3.63) is 63.7 Å². The fraction of sp³-hybridized carbons (Fsp3) is 0.286. The first-order valence-corrected chi connectivity index (χ1v) is 9.77. The highest BCUT2D eigenvalue weighted by molar-refractivity contribution is 7.16. The van der Waals surface area contributed by atoms with E-state index in [0.29, 0.717) is 15.0 Å². The summed E-state index contributed by atoms with van der Waals surface area (Å²) in [5.41, 5.74) is 3.78. The third-order valence-electron chi connectivity index (χ3n) is 4.38. The number of fused-ring (bicyclic) bond motifs is 1. The number of esters is 1. The van der Waals surface area contributed by atoms with Gasteiger partial charge in [0.25, 0.3) is 5.91 Å². The number of carbonyl (C=O) groups excluding carboxylic acids is 2. The van der Waals surface area contributed by atoms with Crippen LogP contribution in [0.25, 0.3) is 10.2 Å². The zero-order chi connectivity index (χ0) is 20.3. The van der Waals surface area contributed by atoms with E-state index in [1.165, 1.54) is 23.5 Å². The third-order valence-corrected chi connectivity index (χ3v) is 5.43. The monoisotopic (exact) mass is 400 g/mol. The molecule has 3 aromatic rings. The molecule has 146 valence electrons. The molecule has 0 unspecified atom stereocenters. The zero-order valence-corrected chi connectivity index (χ0v) is 16.8. The van der Waals surface area contributed by atoms with Crippen molar-refractivity contribution in [3.63, 3.8) is 0 Å². The Morgan fingerprint density at radius 1 is 1.14 bits per heavy atom. The minimum absolute atomic E-state index is 0.0881. The van der Waals surface area contributed by atoms with Gasteiger partial charge in [0.15, 0.2) is 4.80 Å². The Morgan fingerprint density at radius 3 is 2.64 bits per heavy atom. The summed E-state index contributed by atoms with van der Waals surface area (Å²) in [6.45, 7) is 5.90. The molecule has 28 heavy (non-hydrogen) atoms. The summed E-state index contributed by atoms with van der Waals surface area (Å²) in [5, 5.41) is 0. The van der Waals surface area contributed by atoms with Crippen molar-refractivity contribution in [1.29, 1.82) is 0 Å². The van der Waals surface area contributed by atoms with E-state index in [-0.39, 0.29) is 31.3 Å². The molecule has 0 aliphatic rings. The number of carbonyl (C=O) groups is 2. The molecule has 1 heterocycles. The lowest BCUT2D eigenvalue weighted by atomic mass is 10.0. The molecule has 0 aliphatic carbocycles. The SMILES string of the molecule is CCOC(=O)Cn1c(=NC(=O)Cc2ccc(C)c(C)c2)sc2cc(F)ccc21. The van der Waals surface area contributed by atoms with Crippen LogP contribution in [-0.4, -0.2) is 23.1 Å². The predicted molar refractivity (Wildman–Crippen MR) is 107 cm³/mol. The van der Waals surface area contributed by atoms with Gasteiger partial charge in [0.1, 0.15) is 12.4 Å². The van der Waals surface area contributed by atoms with E-state index in [4.69, 9.17) is 4.74 Å². The van der Waals surface area contributed by atoms with Crippen LogP contribution in [0.1, 0.15) is 23.6 Å². The van der Waals surface area contributed by atoms with Crippen molar-refractivity contribution < 1.29 is 18.7 Å². The molecule has 0 saturated heterocycles. The summed E-state index contributed by atoms with van der Waals surface area (Å²) in [7, 11) is 0. The summed E-state index contributed by atoms with van der Waals surface area (Å²) < 4.78 is 20.8. The Kier molecular flexibility index (Phi) is 6.04. The lowest BCUT2D eigenvalue weighted by Gasteiger charge is -2.05. The maximum atomic E-state index is 13.6. The molecule has 1 amide bonds. The van der Waals surface area contributed by atoms with Gasteiger partial charge in [-0.25, -0.2) is 4.39 Å². The minimum Gasteiger partial charge on any atom is -0.465 e. The smallest absolute Gasteiger partial charge is 0.326 e. The van der Waals surface area contributed by atoms with Crippen molar-refractivity contribution in [2.45, 2.75) is 33.7 Å². The van der Waals surface area contributed by atoms with Crippen LogP contribution in [0, 0.1) is 19.7 Å². The van der Waals surface area contributed by atoms with E-state index < -0.39 is 5.97 Å². The molecule has 0 spiro atoms. The lowest BCUT2D eigenvalue weighted by molar-refractivity contribution is -0.143. The van der Waals surface area contributed by atoms with E-state index in [2.05, 4.69) is 4.99 Å². The topological polar surface area (TPSA) is 60.7 Å². The molecular formula is C21H21FN2O3S. The highest BCUT2D eigenvalue weighted by Gasteiger charge is 2.13. The minimum atomic E-state index is -0.436. The third kappa shape index (κ3) is 4.54. The summed E-state index contributed by atoms with van der Waals surface area (Å²) in [6.07, 6.45) is 0.156. The van der Waals surface area contributed by atoms with Crippen LogP contribution >= 0.6 is 11.3 Å². The summed E-state index contributed by atoms with van der Waals surface area (Å²) in [5.74, 6) is -1.15. The van der Waals surface area contributed by atoms with Crippen LogP contribution in [0.5, 0.6) is 0 Å². The quantitative estimate of drug-likeness (QED) is 0.614. The molecule has 0 bridgehead atoms. The molecule has 0 fully saturated rings. The largest absolute Gasteiger partial charge is 0.465 e. The van der Waals surface area contributed by atoms with Crippen molar-refractivity contribution in [2.75, 3.05) is 6.61 Å². The predicted octanol–water partition coefficient (Wildman–Crippen LogP) is 3.69. The second-order valence-corrected chi connectivity index (χ2v) is 7.50. The molecule has 1 aromatic heterocycles. The van der Waals surface area contributed by atoms with Crippen molar-refractivity contribution in [1.82, 2.24) is 4.57 Å². The fourth-order valence-electron chi connectivity index (χ4n) is 2.86. The van der Waals surface area contributed by atoms with Gasteiger partial charge in [0.2, 0.25) is 0 Å². The van der Waals surface area contributed by atoms with Gasteiger partial charge in [-0.3, -0.25) is 9.59 Å². The number of benzene rings is 2. The van der Waals surface area contributed by atoms with E-state index in [1.54, 1.807) is 17.6 Å². The molecule has 7 heteroatoms. The molecule has 0 aliphatic heterocycles. The molecule has 0 atom stereocenters. The van der Waals surface area contributed by atoms with Gasteiger partial charge in [0.05, 0.1) is 23.2 Å². The number of amides is 1. The number of rotatable bonds is 5. The van der Waals surface area contributed by atoms with Crippen LogP contribution in [0.3, 0.4) is 0 Å². The number of hydrogen-bond acceptors (Lipinski definition) is 4. The van der Waals surface area contributed by atoms with Crippen LogP contribution in [0.4, 0.5) is 4.39 Å². The fourth-order valence-corrected chi connectivity index (χ4v) is 3.93. The average Bonchev–Trinajstić information content (AvgIpc) is 2.94. The van der Waals surface area contributed by atoms with Gasteiger partial charge in [-0.2, -0.15) is 4.99 Å². The lowest BCUT2D eigenvalue weighted by Crippen LogP contribution is -2.23. The molecule has 5 nitrogen and oxygen atoms in total. The Labute approximate surface area is 166 Å². The maximum Gasteiger partial charge on any atom is 0.326 e. The molecule has 3 rings (SSSR count). The van der Waals surface area contributed by atoms with Crippen molar-refractivity contribution in [2.24, 2.45) is 4.99 Å². The van der Waals surface area contributed by atoms with Crippen LogP contribution < -0.4 is 4.80 Å². The Morgan fingerprint density at radius 2 is 1.93 bits per heavy atom. The average molecular weight is 400 g/mol. The first-order chi connectivity index (χ1) is 13.4. The highest BCUT2D eigenvalue weighted by atomic mass is 32.1. The van der Waals surface area contributed by atoms with Gasteiger partial charge in [-0.1, -0.05) is 29.5 Å². The van der Waals surface area contributed by atoms with Gasteiger partial charge in [0, 0.05) is 0 Å². The summed E-state index contributed by atoms with van der Waals surface area (Å²) in [6, 6.07) is 10.1. The maximum absolute atomic E-state index is 13.6. The molecule has 0 N–H and O–H groups in total. The number of aryl methyl sites for hydroxylation is 2. The normalized spacial score (nSPS) is 11.8. The number of thiazole rings is 1. The number of hydrogen-bond donors (Lipinski definition) is 0. The van der Waals surface area contributed by atoms with Crippen molar-refractivity contribution >= 4 is 33.4 Å². The number of aromatic nitrogens is 1. The number of nitrogens with zero attached hydrogens (tertiary/aromatic N) is 2. The Balaban J connectivity index is 1.98. The Hall–Kier alpha value is -2.80. The van der Waals surface area contributed by atoms with E-state index >= 15 is 0 Å². The van der Waals surface area contributed by atoms with Gasteiger partial charge in [-0.05, 0) is 55.7 Å². The molecule has 0 saturated carbocycles. The van der Waals surface area contributed by atoms with Gasteiger partial charge in [-0.15, -0.1) is 0 Å². The first kappa shape index (κ1) is 19.9. The van der Waals surface area contributed by atoms with Crippen LogP contribution in [0.15, 0.2) is 41.4 Å². The van der Waals surface area contributed by atoms with E-state index in [9.17, 15) is 14.0 Å². The number of ether oxygens (including phenoxy) is 1. The number of halogens is 1. The highest BCUT2D eigenvalue weighted by Crippen LogP contribution is 2.19.